The van der Waals surface area contributed by atoms with Gasteiger partial charge in [0.15, 0.2) is 0 Å². The monoisotopic (exact) mass is 350 g/mol. The predicted molar refractivity (Wildman–Crippen MR) is 107 cm³/mol. The van der Waals surface area contributed by atoms with E-state index in [1.165, 1.54) is 16.7 Å². The van der Waals surface area contributed by atoms with E-state index >= 15 is 0 Å². The Morgan fingerprint density at radius 1 is 1.08 bits per heavy atom. The van der Waals surface area contributed by atoms with Crippen molar-refractivity contribution in [2.45, 2.75) is 26.7 Å². The molecule has 3 aromatic rings. The van der Waals surface area contributed by atoms with E-state index in [1.54, 1.807) is 6.26 Å². The number of nitrogens with one attached hydrogen (secondary N) is 1. The largest absolute Gasteiger partial charge is 0.464 e. The van der Waals surface area contributed by atoms with E-state index in [0.717, 1.165) is 35.2 Å². The molecule has 0 aliphatic heterocycles. The first-order valence-corrected chi connectivity index (χ1v) is 8.93. The Balaban J connectivity index is 1.65. The SMILES string of the molecule is Cc1cc2occ(CC(=O)Nc3ccc(CCN(C)C)cc3)c2cc1C. The summed E-state index contributed by atoms with van der Waals surface area (Å²) in [7, 11) is 4.13. The van der Waals surface area contributed by atoms with Gasteiger partial charge in [0.05, 0.1) is 12.7 Å². The molecule has 1 amide bonds. The van der Waals surface area contributed by atoms with Gasteiger partial charge in [-0.2, -0.15) is 0 Å². The second-order valence-corrected chi connectivity index (χ2v) is 7.17. The molecule has 0 saturated carbocycles. The van der Waals surface area contributed by atoms with E-state index in [4.69, 9.17) is 4.42 Å². The molecule has 0 spiro atoms. The van der Waals surface area contributed by atoms with Crippen LogP contribution in [0.25, 0.3) is 11.0 Å². The van der Waals surface area contributed by atoms with Crippen LogP contribution in [-0.4, -0.2) is 31.4 Å². The van der Waals surface area contributed by atoms with Crippen LogP contribution in [0.15, 0.2) is 47.1 Å². The van der Waals surface area contributed by atoms with Gasteiger partial charge in [-0.25, -0.2) is 0 Å². The second kappa shape index (κ2) is 7.75. The van der Waals surface area contributed by atoms with Gasteiger partial charge in [-0.1, -0.05) is 12.1 Å². The topological polar surface area (TPSA) is 45.5 Å². The summed E-state index contributed by atoms with van der Waals surface area (Å²) in [5, 5.41) is 3.99. The minimum Gasteiger partial charge on any atom is -0.464 e. The van der Waals surface area contributed by atoms with Gasteiger partial charge in [0.1, 0.15) is 5.58 Å². The maximum atomic E-state index is 12.4. The number of nitrogens with zero attached hydrogens (tertiary/aromatic N) is 1. The van der Waals surface area contributed by atoms with Crippen LogP contribution in [0.5, 0.6) is 0 Å². The molecule has 0 fully saturated rings. The highest BCUT2D eigenvalue weighted by Gasteiger charge is 2.12. The number of hydrogen-bond acceptors (Lipinski definition) is 3. The van der Waals surface area contributed by atoms with Crippen LogP contribution >= 0.6 is 0 Å². The molecule has 4 heteroatoms. The second-order valence-electron chi connectivity index (χ2n) is 7.17. The van der Waals surface area contributed by atoms with Crippen LogP contribution in [0, 0.1) is 13.8 Å². The summed E-state index contributed by atoms with van der Waals surface area (Å²) < 4.78 is 5.61. The lowest BCUT2D eigenvalue weighted by Crippen LogP contribution is -2.15. The molecule has 0 bridgehead atoms. The summed E-state index contributed by atoms with van der Waals surface area (Å²) in [4.78, 5) is 14.6. The summed E-state index contributed by atoms with van der Waals surface area (Å²) in [5.74, 6) is -0.0352. The highest BCUT2D eigenvalue weighted by molar-refractivity contribution is 5.95. The molecule has 26 heavy (non-hydrogen) atoms. The molecule has 2 aromatic carbocycles. The number of hydrogen-bond donors (Lipinski definition) is 1. The van der Waals surface area contributed by atoms with Crippen molar-refractivity contribution in [1.82, 2.24) is 4.90 Å². The number of carbonyl (C=O) groups excluding carboxylic acids is 1. The molecule has 4 nitrogen and oxygen atoms in total. The quantitative estimate of drug-likeness (QED) is 0.719. The van der Waals surface area contributed by atoms with Gasteiger partial charge in [-0.05, 0) is 75.3 Å². The smallest absolute Gasteiger partial charge is 0.228 e. The van der Waals surface area contributed by atoms with Gasteiger partial charge >= 0.3 is 0 Å². The van der Waals surface area contributed by atoms with Crippen molar-refractivity contribution >= 4 is 22.6 Å². The molecule has 3 rings (SSSR count). The molecule has 0 saturated heterocycles. The highest BCUT2D eigenvalue weighted by atomic mass is 16.3. The Hall–Kier alpha value is -2.59. The zero-order chi connectivity index (χ0) is 18.7. The number of aryl methyl sites for hydroxylation is 2. The third kappa shape index (κ3) is 4.33. The van der Waals surface area contributed by atoms with E-state index in [1.807, 2.05) is 18.2 Å². The number of rotatable bonds is 6. The number of likely N-dealkylation sites (N-methyl/N-ethyl adjacent to an activating group) is 1. The average molecular weight is 350 g/mol. The molecule has 0 unspecified atom stereocenters. The maximum Gasteiger partial charge on any atom is 0.228 e. The fourth-order valence-electron chi connectivity index (χ4n) is 2.96. The van der Waals surface area contributed by atoms with E-state index in [9.17, 15) is 4.79 Å². The Kier molecular flexibility index (Phi) is 5.43. The summed E-state index contributed by atoms with van der Waals surface area (Å²) in [6.45, 7) is 5.15. The summed E-state index contributed by atoms with van der Waals surface area (Å²) in [6, 6.07) is 12.2. The van der Waals surface area contributed by atoms with Crippen molar-refractivity contribution in [3.05, 3.63) is 64.9 Å². The van der Waals surface area contributed by atoms with Crippen LogP contribution in [0.1, 0.15) is 22.3 Å². The zero-order valence-corrected chi connectivity index (χ0v) is 15.9. The van der Waals surface area contributed by atoms with Crippen molar-refractivity contribution in [2.75, 3.05) is 26.0 Å². The minimum absolute atomic E-state index is 0.0352. The van der Waals surface area contributed by atoms with Crippen molar-refractivity contribution in [3.63, 3.8) is 0 Å². The van der Waals surface area contributed by atoms with Crippen LogP contribution in [-0.2, 0) is 17.6 Å². The first-order valence-electron chi connectivity index (χ1n) is 8.93. The minimum atomic E-state index is -0.0352. The lowest BCUT2D eigenvalue weighted by Gasteiger charge is -2.10. The molecule has 136 valence electrons. The summed E-state index contributed by atoms with van der Waals surface area (Å²) in [6.07, 6.45) is 2.99. The lowest BCUT2D eigenvalue weighted by molar-refractivity contribution is -0.115. The van der Waals surface area contributed by atoms with E-state index in [0.29, 0.717) is 6.42 Å². The molecule has 0 aliphatic rings. The highest BCUT2D eigenvalue weighted by Crippen LogP contribution is 2.25. The maximum absolute atomic E-state index is 12.4. The normalized spacial score (nSPS) is 11.3. The van der Waals surface area contributed by atoms with Crippen LogP contribution < -0.4 is 5.32 Å². The van der Waals surface area contributed by atoms with Gasteiger partial charge in [-0.3, -0.25) is 4.79 Å². The van der Waals surface area contributed by atoms with Gasteiger partial charge in [0, 0.05) is 23.2 Å². The first-order chi connectivity index (χ1) is 12.4. The number of anilines is 1. The van der Waals surface area contributed by atoms with Crippen molar-refractivity contribution < 1.29 is 9.21 Å². The Morgan fingerprint density at radius 3 is 2.46 bits per heavy atom. The van der Waals surface area contributed by atoms with Gasteiger partial charge in [-0.15, -0.1) is 0 Å². The van der Waals surface area contributed by atoms with Crippen LogP contribution in [0.2, 0.25) is 0 Å². The third-order valence-electron chi connectivity index (χ3n) is 4.71. The molecular formula is C22H26N2O2. The van der Waals surface area contributed by atoms with Crippen molar-refractivity contribution in [1.29, 1.82) is 0 Å². The standard InChI is InChI=1S/C22H26N2O2/c1-15-11-20-18(14-26-21(20)12-16(15)2)13-22(25)23-19-7-5-17(6-8-19)9-10-24(3)4/h5-8,11-12,14H,9-10,13H2,1-4H3,(H,23,25). The van der Waals surface area contributed by atoms with E-state index in [-0.39, 0.29) is 5.91 Å². The Morgan fingerprint density at radius 2 is 1.77 bits per heavy atom. The summed E-state index contributed by atoms with van der Waals surface area (Å²) in [5.41, 5.74) is 6.24. The van der Waals surface area contributed by atoms with E-state index in [2.05, 4.69) is 56.4 Å². The third-order valence-corrected chi connectivity index (χ3v) is 4.71. The Bertz CT molecular complexity index is 908. The van der Waals surface area contributed by atoms with Gasteiger partial charge < -0.3 is 14.6 Å². The zero-order valence-electron chi connectivity index (χ0n) is 15.9. The number of carbonyl (C=O) groups is 1. The first kappa shape index (κ1) is 18.2. The Labute approximate surface area is 154 Å². The van der Waals surface area contributed by atoms with Gasteiger partial charge in [0.2, 0.25) is 5.91 Å². The molecule has 1 heterocycles. The van der Waals surface area contributed by atoms with Gasteiger partial charge in [0.25, 0.3) is 0 Å². The number of furan rings is 1. The van der Waals surface area contributed by atoms with Crippen molar-refractivity contribution in [2.24, 2.45) is 0 Å². The number of benzene rings is 2. The predicted octanol–water partition coefficient (Wildman–Crippen LogP) is 4.33. The fourth-order valence-corrected chi connectivity index (χ4v) is 2.96. The molecule has 0 atom stereocenters. The van der Waals surface area contributed by atoms with E-state index < -0.39 is 0 Å². The number of amides is 1. The molecule has 1 N–H and O–H groups in total. The molecule has 0 aliphatic carbocycles. The summed E-state index contributed by atoms with van der Waals surface area (Å²) >= 11 is 0. The average Bonchev–Trinajstić information content (AvgIpc) is 2.96. The number of fused-ring (bicyclic) bond motifs is 1. The fraction of sp³-hybridized carbons (Fsp3) is 0.318. The van der Waals surface area contributed by atoms with Crippen LogP contribution in [0.4, 0.5) is 5.69 Å². The van der Waals surface area contributed by atoms with Crippen molar-refractivity contribution in [3.8, 4) is 0 Å². The molecule has 1 aromatic heterocycles. The lowest BCUT2D eigenvalue weighted by atomic mass is 10.0. The molecule has 0 radical (unpaired) electrons. The van der Waals surface area contributed by atoms with Crippen LogP contribution in [0.3, 0.4) is 0 Å². The molecular weight excluding hydrogens is 324 g/mol.